The Morgan fingerprint density at radius 3 is 2.39 bits per heavy atom. The minimum atomic E-state index is -2.02. The molecule has 1 aromatic carbocycles. The lowest BCUT2D eigenvalue weighted by Crippen LogP contribution is -2.44. The van der Waals surface area contributed by atoms with Crippen molar-refractivity contribution in [2.45, 2.75) is 45.3 Å². The quantitative estimate of drug-likeness (QED) is 0.846. The summed E-state index contributed by atoms with van der Waals surface area (Å²) in [6.07, 6.45) is 0.641. The molecule has 0 heterocycles. The van der Waals surface area contributed by atoms with Crippen LogP contribution in [0.4, 0.5) is 4.39 Å². The van der Waals surface area contributed by atoms with Gasteiger partial charge < -0.3 is 10.2 Å². The summed E-state index contributed by atoms with van der Waals surface area (Å²) in [4.78, 5) is 0. The minimum absolute atomic E-state index is 0.0509. The lowest BCUT2D eigenvalue weighted by Gasteiger charge is -2.37. The van der Waals surface area contributed by atoms with E-state index < -0.39 is 8.32 Å². The normalized spacial score (nSPS) is 12.6. The molecule has 0 saturated carbocycles. The van der Waals surface area contributed by atoms with Crippen LogP contribution in [0.1, 0.15) is 26.3 Å². The van der Waals surface area contributed by atoms with Crippen molar-refractivity contribution in [1.82, 2.24) is 0 Å². The number of hydrogen-bond donors (Lipinski definition) is 1. The van der Waals surface area contributed by atoms with E-state index in [0.29, 0.717) is 18.7 Å². The van der Waals surface area contributed by atoms with Crippen LogP contribution >= 0.6 is 0 Å². The summed E-state index contributed by atoms with van der Waals surface area (Å²) in [6.45, 7) is 11.2. The van der Waals surface area contributed by atoms with Crippen LogP contribution in [-0.4, -0.2) is 14.9 Å². The lowest BCUT2D eigenvalue weighted by molar-refractivity contribution is 0.451. The van der Waals surface area contributed by atoms with Crippen molar-refractivity contribution in [3.8, 4) is 5.75 Å². The van der Waals surface area contributed by atoms with Crippen LogP contribution in [0.5, 0.6) is 5.75 Å². The average Bonchev–Trinajstić information content (AvgIpc) is 2.22. The highest BCUT2D eigenvalue weighted by Crippen LogP contribution is 2.39. The van der Waals surface area contributed by atoms with Crippen molar-refractivity contribution < 1.29 is 8.82 Å². The molecule has 1 rings (SSSR count). The first-order valence-electron chi connectivity index (χ1n) is 6.35. The van der Waals surface area contributed by atoms with Crippen LogP contribution in [0.3, 0.4) is 0 Å². The number of nitrogens with two attached hydrogens (primary N) is 1. The molecule has 0 aliphatic carbocycles. The number of halogens is 1. The van der Waals surface area contributed by atoms with E-state index in [0.717, 1.165) is 5.56 Å². The van der Waals surface area contributed by atoms with Crippen LogP contribution in [0.25, 0.3) is 0 Å². The number of hydrogen-bond acceptors (Lipinski definition) is 2. The third-order valence-corrected chi connectivity index (χ3v) is 7.95. The van der Waals surface area contributed by atoms with E-state index >= 15 is 0 Å². The zero-order chi connectivity index (χ0) is 14.0. The van der Waals surface area contributed by atoms with Crippen molar-refractivity contribution in [3.05, 3.63) is 29.6 Å². The maximum absolute atomic E-state index is 13.9. The zero-order valence-electron chi connectivity index (χ0n) is 12.0. The third kappa shape index (κ3) is 3.33. The van der Waals surface area contributed by atoms with Gasteiger partial charge in [0.15, 0.2) is 5.82 Å². The van der Waals surface area contributed by atoms with Crippen LogP contribution in [0.15, 0.2) is 18.2 Å². The molecular formula is C14H24FNOSi. The van der Waals surface area contributed by atoms with Crippen molar-refractivity contribution in [2.24, 2.45) is 5.73 Å². The van der Waals surface area contributed by atoms with Gasteiger partial charge in [-0.15, -0.1) is 0 Å². The van der Waals surface area contributed by atoms with Gasteiger partial charge in [-0.1, -0.05) is 32.9 Å². The van der Waals surface area contributed by atoms with E-state index in [1.54, 1.807) is 6.07 Å². The van der Waals surface area contributed by atoms with Crippen molar-refractivity contribution in [3.63, 3.8) is 0 Å². The molecule has 0 amide bonds. The molecule has 0 aromatic heterocycles. The topological polar surface area (TPSA) is 35.2 Å². The predicted octanol–water partition coefficient (Wildman–Crippen LogP) is 3.71. The molecule has 0 atom stereocenters. The highest BCUT2D eigenvalue weighted by atomic mass is 28.4. The van der Waals surface area contributed by atoms with Crippen molar-refractivity contribution in [2.75, 3.05) is 6.54 Å². The lowest BCUT2D eigenvalue weighted by atomic mass is 10.1. The van der Waals surface area contributed by atoms with Gasteiger partial charge in [-0.05, 0) is 42.7 Å². The van der Waals surface area contributed by atoms with Gasteiger partial charge in [-0.2, -0.15) is 0 Å². The average molecular weight is 269 g/mol. The largest absolute Gasteiger partial charge is 0.541 e. The molecule has 0 bridgehead atoms. The molecule has 0 spiro atoms. The van der Waals surface area contributed by atoms with E-state index in [-0.39, 0.29) is 10.9 Å². The van der Waals surface area contributed by atoms with E-state index in [4.69, 9.17) is 10.2 Å². The van der Waals surface area contributed by atoms with Crippen molar-refractivity contribution >= 4 is 8.32 Å². The highest BCUT2D eigenvalue weighted by Gasteiger charge is 2.39. The first-order chi connectivity index (χ1) is 8.19. The molecule has 0 aliphatic rings. The Kier molecular flexibility index (Phi) is 4.56. The number of rotatable bonds is 4. The fourth-order valence-electron chi connectivity index (χ4n) is 1.43. The third-order valence-electron chi connectivity index (χ3n) is 3.63. The molecule has 0 fully saturated rings. The van der Waals surface area contributed by atoms with Gasteiger partial charge in [0.05, 0.1) is 0 Å². The second-order valence-corrected chi connectivity index (χ2v) is 10.9. The fraction of sp³-hybridized carbons (Fsp3) is 0.571. The van der Waals surface area contributed by atoms with Gasteiger partial charge in [0.1, 0.15) is 5.75 Å². The van der Waals surface area contributed by atoms with E-state index in [1.807, 2.05) is 6.07 Å². The molecule has 0 unspecified atom stereocenters. The Hall–Kier alpha value is -0.873. The Balaban J connectivity index is 3.10. The molecule has 18 heavy (non-hydrogen) atoms. The Bertz CT molecular complexity index is 413. The Morgan fingerprint density at radius 2 is 1.89 bits per heavy atom. The van der Waals surface area contributed by atoms with Crippen LogP contribution < -0.4 is 10.2 Å². The first-order valence-corrected chi connectivity index (χ1v) is 9.26. The maximum Gasteiger partial charge on any atom is 0.250 e. The van der Waals surface area contributed by atoms with Gasteiger partial charge >= 0.3 is 0 Å². The molecule has 4 heteroatoms. The highest BCUT2D eigenvalue weighted by molar-refractivity contribution is 6.74. The summed E-state index contributed by atoms with van der Waals surface area (Å²) in [7, 11) is -2.02. The smallest absolute Gasteiger partial charge is 0.250 e. The molecule has 1 aromatic rings. The summed E-state index contributed by atoms with van der Waals surface area (Å²) in [5.41, 5.74) is 6.43. The van der Waals surface area contributed by atoms with E-state index in [1.165, 1.54) is 6.07 Å². The second-order valence-electron chi connectivity index (χ2n) is 6.13. The maximum atomic E-state index is 13.9. The van der Waals surface area contributed by atoms with Gasteiger partial charge in [-0.3, -0.25) is 0 Å². The van der Waals surface area contributed by atoms with E-state index in [2.05, 4.69) is 33.9 Å². The molecule has 0 radical (unpaired) electrons. The number of benzene rings is 1. The zero-order valence-corrected chi connectivity index (χ0v) is 13.0. The van der Waals surface area contributed by atoms with Crippen LogP contribution in [0.2, 0.25) is 18.1 Å². The molecular weight excluding hydrogens is 245 g/mol. The molecule has 2 nitrogen and oxygen atoms in total. The summed E-state index contributed by atoms with van der Waals surface area (Å²) in [5, 5.41) is 0.0509. The molecule has 102 valence electrons. The monoisotopic (exact) mass is 269 g/mol. The molecule has 0 saturated heterocycles. The van der Waals surface area contributed by atoms with Gasteiger partial charge in [-0.25, -0.2) is 4.39 Å². The standard InChI is InChI=1S/C14H24FNOSi/c1-14(2,3)18(4,5)17-13-11(9-10-16)7-6-8-12(13)15/h6-8H,9-10,16H2,1-5H3. The number of para-hydroxylation sites is 1. The summed E-state index contributed by atoms with van der Waals surface area (Å²) < 4.78 is 20.0. The van der Waals surface area contributed by atoms with E-state index in [9.17, 15) is 4.39 Å². The fourth-order valence-corrected chi connectivity index (χ4v) is 2.47. The van der Waals surface area contributed by atoms with Crippen molar-refractivity contribution in [1.29, 1.82) is 0 Å². The van der Waals surface area contributed by atoms with Gasteiger partial charge in [0.2, 0.25) is 0 Å². The van der Waals surface area contributed by atoms with Gasteiger partial charge in [0.25, 0.3) is 8.32 Å². The molecule has 0 aliphatic heterocycles. The second kappa shape index (κ2) is 5.41. The summed E-state index contributed by atoms with van der Waals surface area (Å²) in [6, 6.07) is 5.04. The molecule has 2 N–H and O–H groups in total. The van der Waals surface area contributed by atoms with Crippen LogP contribution in [-0.2, 0) is 6.42 Å². The Morgan fingerprint density at radius 1 is 1.28 bits per heavy atom. The van der Waals surface area contributed by atoms with Gasteiger partial charge in [0, 0.05) is 0 Å². The first kappa shape index (κ1) is 15.2. The SMILES string of the molecule is CC(C)(C)[Si](C)(C)Oc1c(F)cccc1CCN. The summed E-state index contributed by atoms with van der Waals surface area (Å²) >= 11 is 0. The summed E-state index contributed by atoms with van der Waals surface area (Å²) in [5.74, 6) is 0.111. The predicted molar refractivity (Wildman–Crippen MR) is 77.0 cm³/mol. The van der Waals surface area contributed by atoms with Crippen LogP contribution in [0, 0.1) is 5.82 Å². The minimum Gasteiger partial charge on any atom is -0.541 e. The Labute approximate surface area is 110 Å².